The van der Waals surface area contributed by atoms with Crippen molar-refractivity contribution < 1.29 is 22.8 Å². The maximum absolute atomic E-state index is 14.0. The van der Waals surface area contributed by atoms with E-state index in [0.29, 0.717) is 10.2 Å². The number of alkyl halides is 3. The molecule has 0 radical (unpaired) electrons. The molecular weight excluding hydrogens is 493 g/mol. The fourth-order valence-electron chi connectivity index (χ4n) is 3.69. The third kappa shape index (κ3) is 5.41. The zero-order chi connectivity index (χ0) is 25.9. The van der Waals surface area contributed by atoms with Crippen LogP contribution in [0.2, 0.25) is 5.02 Å². The number of aromatic nitrogens is 2. The molecule has 6 nitrogen and oxygen atoms in total. The minimum absolute atomic E-state index is 0.0216. The number of aryl methyl sites for hydroxylation is 1. The number of rotatable bonds is 6. The van der Waals surface area contributed by atoms with Crippen LogP contribution in [0.15, 0.2) is 79.0 Å². The summed E-state index contributed by atoms with van der Waals surface area (Å²) < 4.78 is 42.7. The fourth-order valence-corrected chi connectivity index (χ4v) is 3.97. The largest absolute Gasteiger partial charge is 0.434 e. The van der Waals surface area contributed by atoms with Gasteiger partial charge in [0.25, 0.3) is 11.8 Å². The van der Waals surface area contributed by atoms with Crippen LogP contribution in [0.5, 0.6) is 0 Å². The summed E-state index contributed by atoms with van der Waals surface area (Å²) in [5.74, 6) is -1.61. The van der Waals surface area contributed by atoms with E-state index in [9.17, 15) is 22.8 Å². The summed E-state index contributed by atoms with van der Waals surface area (Å²) in [6.45, 7) is 1.80. The van der Waals surface area contributed by atoms with E-state index < -0.39 is 29.2 Å². The molecule has 4 aromatic rings. The zero-order valence-electron chi connectivity index (χ0n) is 18.9. The first-order valence-electron chi connectivity index (χ1n) is 10.8. The summed E-state index contributed by atoms with van der Waals surface area (Å²) >= 11 is 6.14. The average Bonchev–Trinajstić information content (AvgIpc) is 3.31. The summed E-state index contributed by atoms with van der Waals surface area (Å²) in [5, 5.41) is 9.25. The molecule has 0 spiro atoms. The number of para-hydroxylation sites is 1. The van der Waals surface area contributed by atoms with Gasteiger partial charge in [0, 0.05) is 11.6 Å². The number of hydrogen-bond donors (Lipinski definition) is 2. The SMILES string of the molecule is Cc1cc(Cl)cc(C(=O)NCc2ccccc2)c1NC(=O)c1cnn(-c2ccccc2)c1C(F)(F)F. The number of amides is 2. The number of nitrogens with one attached hydrogen (secondary N) is 2. The van der Waals surface area contributed by atoms with Gasteiger partial charge in [0.1, 0.15) is 0 Å². The van der Waals surface area contributed by atoms with Crippen LogP contribution in [-0.4, -0.2) is 21.6 Å². The van der Waals surface area contributed by atoms with E-state index in [-0.39, 0.29) is 28.5 Å². The predicted molar refractivity (Wildman–Crippen MR) is 130 cm³/mol. The first-order valence-corrected chi connectivity index (χ1v) is 11.2. The molecule has 0 atom stereocenters. The Kier molecular flexibility index (Phi) is 7.12. The van der Waals surface area contributed by atoms with Crippen molar-refractivity contribution in [1.29, 1.82) is 0 Å². The number of benzene rings is 3. The van der Waals surface area contributed by atoms with Gasteiger partial charge in [-0.2, -0.15) is 18.3 Å². The molecule has 4 rings (SSSR count). The van der Waals surface area contributed by atoms with E-state index in [1.165, 1.54) is 24.3 Å². The minimum Gasteiger partial charge on any atom is -0.348 e. The lowest BCUT2D eigenvalue weighted by molar-refractivity contribution is -0.143. The van der Waals surface area contributed by atoms with Gasteiger partial charge in [-0.1, -0.05) is 60.1 Å². The van der Waals surface area contributed by atoms with Crippen LogP contribution in [0.3, 0.4) is 0 Å². The van der Waals surface area contributed by atoms with E-state index in [1.54, 1.807) is 25.1 Å². The standard InChI is InChI=1S/C26H20ClF3N4O2/c1-16-12-18(27)13-20(24(35)31-14-17-8-4-2-5-9-17)22(16)33-25(36)21-15-32-34(23(21)26(28,29)30)19-10-6-3-7-11-19/h2-13,15H,14H2,1H3,(H,31,35)(H,33,36). The maximum atomic E-state index is 14.0. The molecule has 1 aromatic heterocycles. The van der Waals surface area contributed by atoms with Crippen molar-refractivity contribution in [3.63, 3.8) is 0 Å². The van der Waals surface area contributed by atoms with Crippen LogP contribution in [0.25, 0.3) is 5.69 Å². The summed E-state index contributed by atoms with van der Waals surface area (Å²) in [5.41, 5.74) is -0.441. The quantitative estimate of drug-likeness (QED) is 0.331. The Morgan fingerprint density at radius 3 is 2.22 bits per heavy atom. The van der Waals surface area contributed by atoms with Gasteiger partial charge in [0.05, 0.1) is 28.7 Å². The van der Waals surface area contributed by atoms with Gasteiger partial charge in [-0.25, -0.2) is 4.68 Å². The number of anilines is 1. The van der Waals surface area contributed by atoms with Crippen LogP contribution >= 0.6 is 11.6 Å². The Hall–Kier alpha value is -4.11. The molecule has 3 aromatic carbocycles. The number of hydrogen-bond acceptors (Lipinski definition) is 3. The molecule has 36 heavy (non-hydrogen) atoms. The second-order valence-electron chi connectivity index (χ2n) is 7.92. The first-order chi connectivity index (χ1) is 17.1. The molecule has 2 N–H and O–H groups in total. The number of carbonyl (C=O) groups excluding carboxylic acids is 2. The fraction of sp³-hybridized carbons (Fsp3) is 0.115. The summed E-state index contributed by atoms with van der Waals surface area (Å²) in [6, 6.07) is 19.7. The van der Waals surface area contributed by atoms with Gasteiger partial charge < -0.3 is 10.6 Å². The van der Waals surface area contributed by atoms with Crippen molar-refractivity contribution in [2.75, 3.05) is 5.32 Å². The van der Waals surface area contributed by atoms with Gasteiger partial charge in [-0.15, -0.1) is 0 Å². The van der Waals surface area contributed by atoms with E-state index in [0.717, 1.165) is 11.8 Å². The monoisotopic (exact) mass is 512 g/mol. The Morgan fingerprint density at radius 2 is 1.58 bits per heavy atom. The van der Waals surface area contributed by atoms with Crippen molar-refractivity contribution >= 4 is 29.1 Å². The molecule has 184 valence electrons. The van der Waals surface area contributed by atoms with Gasteiger partial charge in [-0.05, 0) is 42.3 Å². The van der Waals surface area contributed by atoms with E-state index in [2.05, 4.69) is 15.7 Å². The molecule has 0 aliphatic carbocycles. The van der Waals surface area contributed by atoms with Crippen molar-refractivity contribution in [2.45, 2.75) is 19.6 Å². The Labute approximate surface area is 209 Å². The molecule has 0 saturated heterocycles. The highest BCUT2D eigenvalue weighted by atomic mass is 35.5. The zero-order valence-corrected chi connectivity index (χ0v) is 19.7. The molecule has 0 aliphatic rings. The molecule has 0 bridgehead atoms. The number of nitrogens with zero attached hydrogens (tertiary/aromatic N) is 2. The highest BCUT2D eigenvalue weighted by molar-refractivity contribution is 6.31. The van der Waals surface area contributed by atoms with Crippen LogP contribution in [0.1, 0.15) is 37.5 Å². The second-order valence-corrected chi connectivity index (χ2v) is 8.36. The minimum atomic E-state index is -4.87. The molecule has 0 fully saturated rings. The van der Waals surface area contributed by atoms with Crippen LogP contribution in [0, 0.1) is 6.92 Å². The smallest absolute Gasteiger partial charge is 0.348 e. The third-order valence-corrected chi connectivity index (χ3v) is 5.58. The van der Waals surface area contributed by atoms with Gasteiger partial charge >= 0.3 is 6.18 Å². The average molecular weight is 513 g/mol. The number of halogens is 4. The van der Waals surface area contributed by atoms with Crippen LogP contribution in [-0.2, 0) is 12.7 Å². The summed E-state index contributed by atoms with van der Waals surface area (Å²) in [4.78, 5) is 26.0. The van der Waals surface area contributed by atoms with Crippen molar-refractivity contribution in [3.05, 3.63) is 112 Å². The van der Waals surface area contributed by atoms with Gasteiger partial charge in [0.15, 0.2) is 5.69 Å². The topological polar surface area (TPSA) is 76.0 Å². The molecule has 10 heteroatoms. The number of carbonyl (C=O) groups is 2. The highest BCUT2D eigenvalue weighted by Crippen LogP contribution is 2.34. The second kappa shape index (κ2) is 10.2. The lowest BCUT2D eigenvalue weighted by Gasteiger charge is -2.16. The van der Waals surface area contributed by atoms with Crippen molar-refractivity contribution in [2.24, 2.45) is 0 Å². The van der Waals surface area contributed by atoms with Crippen molar-refractivity contribution in [3.8, 4) is 5.69 Å². The molecule has 0 aliphatic heterocycles. The van der Waals surface area contributed by atoms with E-state index in [1.807, 2.05) is 30.3 Å². The third-order valence-electron chi connectivity index (χ3n) is 5.36. The highest BCUT2D eigenvalue weighted by Gasteiger charge is 2.40. The van der Waals surface area contributed by atoms with E-state index >= 15 is 0 Å². The van der Waals surface area contributed by atoms with Crippen LogP contribution in [0.4, 0.5) is 18.9 Å². The summed E-state index contributed by atoms with van der Waals surface area (Å²) in [7, 11) is 0. The normalized spacial score (nSPS) is 11.2. The Morgan fingerprint density at radius 1 is 0.944 bits per heavy atom. The van der Waals surface area contributed by atoms with Gasteiger partial charge in [0.2, 0.25) is 0 Å². The van der Waals surface area contributed by atoms with E-state index in [4.69, 9.17) is 11.6 Å². The summed E-state index contributed by atoms with van der Waals surface area (Å²) in [6.07, 6.45) is -4.02. The van der Waals surface area contributed by atoms with Gasteiger partial charge in [-0.3, -0.25) is 9.59 Å². The molecule has 2 amide bonds. The predicted octanol–water partition coefficient (Wildman–Crippen LogP) is 6.04. The molecular formula is C26H20ClF3N4O2. The lowest BCUT2D eigenvalue weighted by Crippen LogP contribution is -2.26. The Bertz CT molecular complexity index is 1400. The molecule has 0 saturated carbocycles. The molecule has 0 unspecified atom stereocenters. The lowest BCUT2D eigenvalue weighted by atomic mass is 10.1. The Balaban J connectivity index is 1.67. The maximum Gasteiger partial charge on any atom is 0.434 e. The first kappa shape index (κ1) is 25.0. The van der Waals surface area contributed by atoms with Crippen LogP contribution < -0.4 is 10.6 Å². The van der Waals surface area contributed by atoms with Crippen molar-refractivity contribution in [1.82, 2.24) is 15.1 Å². The molecule has 1 heterocycles.